The molecule has 0 saturated carbocycles. The first-order valence-corrected chi connectivity index (χ1v) is 20.7. The molecule has 2 aromatic heterocycles. The summed E-state index contributed by atoms with van der Waals surface area (Å²) in [5.74, 6) is -5.29. The summed E-state index contributed by atoms with van der Waals surface area (Å²) in [6.07, 6.45) is 0.507. The Kier molecular flexibility index (Phi) is 10.4. The number of pyridine rings is 2. The van der Waals surface area contributed by atoms with Crippen molar-refractivity contribution in [3.63, 3.8) is 0 Å². The number of hydrogen-bond donors (Lipinski definition) is 4. The van der Waals surface area contributed by atoms with Crippen molar-refractivity contribution in [3.05, 3.63) is 124 Å². The second-order valence-electron chi connectivity index (χ2n) is 16.0. The summed E-state index contributed by atoms with van der Waals surface area (Å²) >= 11 is 11.5. The molecule has 2 saturated heterocycles. The molecule has 62 heavy (non-hydrogen) atoms. The lowest BCUT2D eigenvalue weighted by Gasteiger charge is -2.36. The van der Waals surface area contributed by atoms with Crippen molar-refractivity contribution >= 4 is 46.8 Å². The van der Waals surface area contributed by atoms with Crippen LogP contribution in [0.5, 0.6) is 11.5 Å². The molecule has 0 aliphatic carbocycles. The molecule has 0 bridgehead atoms. The van der Waals surface area contributed by atoms with E-state index in [-0.39, 0.29) is 81.1 Å². The molecule has 0 radical (unpaired) electrons. The second-order valence-corrected chi connectivity index (χ2v) is 16.8. The molecule has 2 aromatic carbocycles. The van der Waals surface area contributed by atoms with Crippen molar-refractivity contribution in [3.8, 4) is 11.5 Å². The third-order valence-electron chi connectivity index (χ3n) is 12.2. The minimum atomic E-state index is -0.911. The van der Waals surface area contributed by atoms with Crippen molar-refractivity contribution in [2.45, 2.75) is 89.4 Å². The van der Waals surface area contributed by atoms with Gasteiger partial charge in [-0.15, -0.1) is 0 Å². The smallest absolute Gasteiger partial charge is 0.276 e. The number of fused-ring (bicyclic) bond motifs is 4. The van der Waals surface area contributed by atoms with Gasteiger partial charge in [-0.2, -0.15) is 0 Å². The highest BCUT2D eigenvalue weighted by Gasteiger charge is 2.52. The van der Waals surface area contributed by atoms with E-state index >= 15 is 0 Å². The number of carbonyl (C=O) groups excluding carboxylic acids is 4. The highest BCUT2D eigenvalue weighted by Crippen LogP contribution is 2.44. The summed E-state index contributed by atoms with van der Waals surface area (Å²) in [7, 11) is 0. The maximum atomic E-state index is 14.1. The predicted molar refractivity (Wildman–Crippen MR) is 215 cm³/mol. The minimum absolute atomic E-state index is 0.0754. The van der Waals surface area contributed by atoms with E-state index < -0.39 is 70.1 Å². The first-order chi connectivity index (χ1) is 29.6. The zero-order valence-electron chi connectivity index (χ0n) is 33.0. The van der Waals surface area contributed by atoms with Crippen molar-refractivity contribution in [1.29, 1.82) is 0 Å². The minimum Gasteiger partial charge on any atom is -0.503 e. The topological polar surface area (TPSA) is 202 Å². The zero-order chi connectivity index (χ0) is 44.0. The highest BCUT2D eigenvalue weighted by atomic mass is 35.5. The first-order valence-electron chi connectivity index (χ1n) is 19.9. The molecule has 10 rings (SSSR count). The molecule has 20 heteroatoms. The molecule has 4 N–H and O–H groups in total. The molecule has 8 heterocycles. The van der Waals surface area contributed by atoms with Crippen LogP contribution in [0.4, 0.5) is 8.78 Å². The number of nitrogens with one attached hydrogen (secondary N) is 2. The molecule has 324 valence electrons. The molecule has 6 atom stereocenters. The number of aromatic hydroxyl groups is 2. The van der Waals surface area contributed by atoms with Gasteiger partial charge in [0, 0.05) is 48.7 Å². The van der Waals surface area contributed by atoms with Crippen LogP contribution in [0.25, 0.3) is 0 Å². The van der Waals surface area contributed by atoms with Crippen molar-refractivity contribution in [2.75, 3.05) is 13.1 Å². The van der Waals surface area contributed by atoms with Gasteiger partial charge in [-0.05, 0) is 51.7 Å². The van der Waals surface area contributed by atoms with E-state index in [1.54, 1.807) is 21.3 Å². The number of carbonyl (C=O) groups is 4. The molecule has 4 aromatic rings. The van der Waals surface area contributed by atoms with Crippen LogP contribution in [-0.4, -0.2) is 90.5 Å². The van der Waals surface area contributed by atoms with Crippen molar-refractivity contribution in [2.24, 2.45) is 0 Å². The van der Waals surface area contributed by atoms with E-state index in [1.165, 1.54) is 34.1 Å². The molecule has 0 unspecified atom stereocenters. The van der Waals surface area contributed by atoms with Gasteiger partial charge in [0.25, 0.3) is 23.6 Å². The van der Waals surface area contributed by atoms with Gasteiger partial charge in [0.1, 0.15) is 22.8 Å². The Morgan fingerprint density at radius 2 is 1.08 bits per heavy atom. The number of rotatable bonds is 6. The standard InChI is InChI=1S/2C21H19ClFN3O5/c2*1-9-8-25-20(30)16-18(28)17(27)14(12-5-6-13(26(12)16)21(25)31-9)19(29)24-7-10-3-2-4-11(22)15(10)23/h2*2-4,9,13,21,28H,5-8H2,1H3,(H,24,29)/t9-,13+,21+;9-,13-,21-/m00/s1. The van der Waals surface area contributed by atoms with Crippen molar-refractivity contribution < 1.29 is 47.6 Å². The van der Waals surface area contributed by atoms with Gasteiger partial charge in [-0.3, -0.25) is 28.8 Å². The highest BCUT2D eigenvalue weighted by molar-refractivity contribution is 6.31. The first kappa shape index (κ1) is 41.5. The Hall–Kier alpha value is -5.82. The van der Waals surface area contributed by atoms with E-state index in [1.807, 2.05) is 13.8 Å². The fourth-order valence-corrected chi connectivity index (χ4v) is 9.94. The number of halogens is 4. The molecular weight excluding hydrogens is 857 g/mol. The van der Waals surface area contributed by atoms with E-state index in [2.05, 4.69) is 10.6 Å². The van der Waals surface area contributed by atoms with Gasteiger partial charge in [-0.1, -0.05) is 47.5 Å². The van der Waals surface area contributed by atoms with Crippen LogP contribution >= 0.6 is 23.2 Å². The molecular formula is C42H38Cl2F2N6O10. The van der Waals surface area contributed by atoms with Crippen LogP contribution in [0.2, 0.25) is 10.0 Å². The normalized spacial score (nSPS) is 23.6. The van der Waals surface area contributed by atoms with Crippen LogP contribution in [-0.2, 0) is 35.4 Å². The Labute approximate surface area is 360 Å². The van der Waals surface area contributed by atoms with Crippen LogP contribution in [0.15, 0.2) is 46.0 Å². The second kappa shape index (κ2) is 15.5. The average molecular weight is 896 g/mol. The number of hydrogen-bond acceptors (Lipinski definition) is 10. The van der Waals surface area contributed by atoms with Gasteiger partial charge in [0.15, 0.2) is 35.3 Å². The van der Waals surface area contributed by atoms with E-state index in [0.29, 0.717) is 50.2 Å². The molecule has 6 aliphatic heterocycles. The van der Waals surface area contributed by atoms with E-state index in [9.17, 15) is 47.8 Å². The third-order valence-corrected chi connectivity index (χ3v) is 12.8. The lowest BCUT2D eigenvalue weighted by Crippen LogP contribution is -2.48. The Bertz CT molecular complexity index is 2580. The average Bonchev–Trinajstić information content (AvgIpc) is 4.05. The maximum Gasteiger partial charge on any atom is 0.276 e. The molecule has 6 aliphatic rings. The van der Waals surface area contributed by atoms with E-state index in [0.717, 1.165) is 0 Å². The maximum absolute atomic E-state index is 14.1. The lowest BCUT2D eigenvalue weighted by atomic mass is 10.1. The van der Waals surface area contributed by atoms with Gasteiger partial charge in [0.2, 0.25) is 10.9 Å². The summed E-state index contributed by atoms with van der Waals surface area (Å²) < 4.78 is 43.2. The Morgan fingerprint density at radius 1 is 0.694 bits per heavy atom. The monoisotopic (exact) mass is 894 g/mol. The lowest BCUT2D eigenvalue weighted by molar-refractivity contribution is -0.0313. The molecule has 2 fully saturated rings. The Morgan fingerprint density at radius 3 is 1.47 bits per heavy atom. The molecule has 4 amide bonds. The van der Waals surface area contributed by atoms with Gasteiger partial charge >= 0.3 is 0 Å². The molecule has 16 nitrogen and oxygen atoms in total. The predicted octanol–water partition coefficient (Wildman–Crippen LogP) is 3.93. The number of aromatic nitrogens is 2. The number of nitrogens with zero attached hydrogens (tertiary/aromatic N) is 4. The van der Waals surface area contributed by atoms with Crippen molar-refractivity contribution in [1.82, 2.24) is 29.6 Å². The van der Waals surface area contributed by atoms with Gasteiger partial charge in [0.05, 0.1) is 34.3 Å². The quantitative estimate of drug-likeness (QED) is 0.220. The molecule has 0 spiro atoms. The summed E-state index contributed by atoms with van der Waals surface area (Å²) in [5, 5.41) is 26.1. The summed E-state index contributed by atoms with van der Waals surface area (Å²) in [4.78, 5) is 80.6. The number of amides is 4. The van der Waals surface area contributed by atoms with Gasteiger partial charge in [-0.25, -0.2) is 8.78 Å². The zero-order valence-corrected chi connectivity index (χ0v) is 34.6. The van der Waals surface area contributed by atoms with E-state index in [4.69, 9.17) is 32.7 Å². The van der Waals surface area contributed by atoms with Crippen LogP contribution in [0.1, 0.15) is 103 Å². The van der Waals surface area contributed by atoms with Crippen LogP contribution < -0.4 is 21.5 Å². The summed E-state index contributed by atoms with van der Waals surface area (Å²) in [6.45, 7) is 4.07. The summed E-state index contributed by atoms with van der Waals surface area (Å²) in [6, 6.07) is 8.24. The Balaban J connectivity index is 0.000000158. The number of benzene rings is 2. The third kappa shape index (κ3) is 6.45. The largest absolute Gasteiger partial charge is 0.503 e. The van der Waals surface area contributed by atoms with Gasteiger partial charge < -0.3 is 49.3 Å². The fourth-order valence-electron chi connectivity index (χ4n) is 9.55. The fraction of sp³-hybridized carbons (Fsp3) is 0.381. The van der Waals surface area contributed by atoms with Crippen LogP contribution in [0, 0.1) is 11.6 Å². The SMILES string of the molecule is C[C@H]1CN2C(=O)c3c(O)c(=O)c(C(=O)NCc4cccc(Cl)c4F)c4n3[C@@H](CC4)[C@@H]2O1.C[C@H]1CN2C(=O)c3c(O)c(=O)c(C(=O)NCc4cccc(Cl)c4F)c4n3[C@H](CC4)[C@H]2O1. The van der Waals surface area contributed by atoms with Crippen LogP contribution in [0.3, 0.4) is 0 Å². The summed E-state index contributed by atoms with van der Waals surface area (Å²) in [5.41, 5.74) is -1.42. The number of ether oxygens (including phenoxy) is 2.